The van der Waals surface area contributed by atoms with Crippen molar-refractivity contribution in [2.75, 3.05) is 0 Å². The molecule has 0 bridgehead atoms. The molecule has 0 unspecified atom stereocenters. The Balaban J connectivity index is 0.00000283. The van der Waals surface area contributed by atoms with Crippen molar-refractivity contribution in [3.8, 4) is 33.4 Å². The number of hydrogen-bond acceptors (Lipinski definition) is 0. The minimum absolute atomic E-state index is 0. The molecule has 0 fully saturated rings. The second-order valence-corrected chi connectivity index (χ2v) is 24.9. The predicted molar refractivity (Wildman–Crippen MR) is 254 cm³/mol. The first kappa shape index (κ1) is 44.0. The van der Waals surface area contributed by atoms with Crippen molar-refractivity contribution in [1.82, 2.24) is 0 Å². The van der Waals surface area contributed by atoms with Gasteiger partial charge in [0.15, 0.2) is 0 Å². The van der Waals surface area contributed by atoms with E-state index in [0.717, 1.165) is 17.9 Å². The van der Waals surface area contributed by atoms with Crippen LogP contribution < -0.4 is 0 Å². The van der Waals surface area contributed by atoms with Gasteiger partial charge in [0.25, 0.3) is 0 Å². The Morgan fingerprint density at radius 1 is 0.586 bits per heavy atom. The van der Waals surface area contributed by atoms with E-state index in [1.165, 1.54) is 77.9 Å². The molecule has 0 N–H and O–H groups in total. The molecule has 8 rings (SSSR count). The Bertz CT molecular complexity index is 2450. The molecule has 0 heterocycles. The topological polar surface area (TPSA) is 0 Å². The van der Waals surface area contributed by atoms with Gasteiger partial charge in [-0.1, -0.05) is 0 Å². The smallest absolute Gasteiger partial charge is 0.147 e. The SMILES string of the molecule is Cc1ccccc1-c1cc2c(cc1C(C)(C)C)-c1cc(C(C)(C)C)c(-c3ccccc3C)cc1[CH]2/[Zr]([C]1=CC=CC1)=[C](\Cc1ccccc1)c1ccc(Cl)cc1.Cl.Cl. The summed E-state index contributed by atoms with van der Waals surface area (Å²) < 4.78 is 3.58. The number of rotatable bonds is 7. The number of allylic oxidation sites excluding steroid dienone is 4. The summed E-state index contributed by atoms with van der Waals surface area (Å²) in [6.07, 6.45) is 9.16. The van der Waals surface area contributed by atoms with Crippen molar-refractivity contribution < 1.29 is 21.3 Å². The van der Waals surface area contributed by atoms with Gasteiger partial charge in [-0.2, -0.15) is 0 Å². The third-order valence-corrected chi connectivity index (χ3v) is 20.5. The van der Waals surface area contributed by atoms with E-state index in [0.29, 0.717) is 0 Å². The van der Waals surface area contributed by atoms with Gasteiger partial charge in [0.05, 0.1) is 0 Å². The van der Waals surface area contributed by atoms with Crippen LogP contribution in [0.1, 0.15) is 96.1 Å². The molecule has 2 aliphatic carbocycles. The average Bonchev–Trinajstić information content (AvgIpc) is 3.81. The molecule has 0 aliphatic heterocycles. The molecule has 2 aliphatic rings. The van der Waals surface area contributed by atoms with Gasteiger partial charge in [-0.3, -0.25) is 0 Å². The summed E-state index contributed by atoms with van der Waals surface area (Å²) in [6, 6.07) is 48.4. The van der Waals surface area contributed by atoms with Crippen molar-refractivity contribution in [2.24, 2.45) is 0 Å². The zero-order chi connectivity index (χ0) is 39.4. The molecular weight excluding hydrogens is 846 g/mol. The largest absolute Gasteiger partial charge is 0.147 e. The van der Waals surface area contributed by atoms with Crippen LogP contribution in [0.4, 0.5) is 0 Å². The van der Waals surface area contributed by atoms with Crippen LogP contribution >= 0.6 is 36.4 Å². The van der Waals surface area contributed by atoms with Crippen LogP contribution in [0.2, 0.25) is 5.02 Å². The first-order chi connectivity index (χ1) is 26.8. The first-order valence-electron chi connectivity index (χ1n) is 20.2. The van der Waals surface area contributed by atoms with Crippen LogP contribution in [0.25, 0.3) is 33.4 Å². The molecule has 4 heteroatoms. The Morgan fingerprint density at radius 2 is 1.07 bits per heavy atom. The molecule has 0 amide bonds. The summed E-state index contributed by atoms with van der Waals surface area (Å²) >= 11 is 3.68. The number of hydrogen-bond donors (Lipinski definition) is 0. The van der Waals surface area contributed by atoms with E-state index in [2.05, 4.69) is 201 Å². The molecule has 0 atom stereocenters. The van der Waals surface area contributed by atoms with Crippen LogP contribution in [0, 0.1) is 13.8 Å². The second kappa shape index (κ2) is 17.6. The van der Waals surface area contributed by atoms with Crippen LogP contribution in [-0.2, 0) is 38.5 Å². The van der Waals surface area contributed by atoms with Gasteiger partial charge in [0, 0.05) is 0 Å². The second-order valence-electron chi connectivity index (χ2n) is 17.9. The van der Waals surface area contributed by atoms with Crippen molar-refractivity contribution >= 4 is 39.6 Å². The van der Waals surface area contributed by atoms with Crippen LogP contribution in [0.5, 0.6) is 0 Å². The summed E-state index contributed by atoms with van der Waals surface area (Å²) in [7, 11) is 0. The van der Waals surface area contributed by atoms with Crippen LogP contribution in [-0.4, -0.2) is 3.21 Å². The fraction of sp³-hybridized carbons (Fsp3) is 0.241. The van der Waals surface area contributed by atoms with E-state index in [-0.39, 0.29) is 39.3 Å². The monoisotopic (exact) mass is 898 g/mol. The number of benzene rings is 6. The van der Waals surface area contributed by atoms with Crippen molar-refractivity contribution in [3.05, 3.63) is 198 Å². The molecule has 0 nitrogen and oxygen atoms in total. The van der Waals surface area contributed by atoms with E-state index in [4.69, 9.17) is 11.6 Å². The molecule has 6 aromatic rings. The van der Waals surface area contributed by atoms with Crippen molar-refractivity contribution in [3.63, 3.8) is 0 Å². The summed E-state index contributed by atoms with van der Waals surface area (Å²) in [5.74, 6) is 0. The molecule has 0 spiro atoms. The van der Waals surface area contributed by atoms with E-state index in [1.54, 1.807) is 6.49 Å². The van der Waals surface area contributed by atoms with Gasteiger partial charge >= 0.3 is 351 Å². The van der Waals surface area contributed by atoms with Gasteiger partial charge in [-0.25, -0.2) is 0 Å². The molecule has 0 aromatic heterocycles. The molecule has 296 valence electrons. The zero-order valence-corrected chi connectivity index (χ0v) is 39.9. The van der Waals surface area contributed by atoms with Gasteiger partial charge in [-0.15, -0.1) is 24.8 Å². The molecule has 6 aromatic carbocycles. The van der Waals surface area contributed by atoms with Crippen LogP contribution in [0.15, 0.2) is 149 Å². The Hall–Kier alpha value is -3.58. The van der Waals surface area contributed by atoms with Crippen molar-refractivity contribution in [1.29, 1.82) is 0 Å². The van der Waals surface area contributed by atoms with Crippen LogP contribution in [0.3, 0.4) is 0 Å². The van der Waals surface area contributed by atoms with E-state index in [1.807, 2.05) is 0 Å². The Labute approximate surface area is 372 Å². The molecule has 58 heavy (non-hydrogen) atoms. The van der Waals surface area contributed by atoms with E-state index < -0.39 is 21.3 Å². The number of aryl methyl sites for hydroxylation is 2. The van der Waals surface area contributed by atoms with Gasteiger partial charge in [-0.05, 0) is 0 Å². The number of fused-ring (bicyclic) bond motifs is 3. The fourth-order valence-corrected chi connectivity index (χ4v) is 18.3. The van der Waals surface area contributed by atoms with Gasteiger partial charge < -0.3 is 0 Å². The summed E-state index contributed by atoms with van der Waals surface area (Å²) in [6.45, 7) is 18.8. The average molecular weight is 902 g/mol. The predicted octanol–water partition coefficient (Wildman–Crippen LogP) is 15.7. The van der Waals surface area contributed by atoms with Gasteiger partial charge in [0.1, 0.15) is 0 Å². The third-order valence-electron chi connectivity index (χ3n) is 11.9. The van der Waals surface area contributed by atoms with Crippen molar-refractivity contribution in [2.45, 2.75) is 82.7 Å². The summed E-state index contributed by atoms with van der Waals surface area (Å²) in [5.41, 5.74) is 19.4. The minimum atomic E-state index is -2.93. The van der Waals surface area contributed by atoms with E-state index in [9.17, 15) is 0 Å². The Kier molecular flexibility index (Phi) is 13.3. The normalized spacial score (nSPS) is 13.9. The number of halogens is 3. The first-order valence-corrected chi connectivity index (χ1v) is 24.4. The van der Waals surface area contributed by atoms with E-state index >= 15 is 0 Å². The minimum Gasteiger partial charge on any atom is -0.147 e. The zero-order valence-electron chi connectivity index (χ0n) is 35.0. The maximum absolute atomic E-state index is 6.61. The molecule has 0 saturated heterocycles. The van der Waals surface area contributed by atoms with Gasteiger partial charge in [0.2, 0.25) is 0 Å². The summed E-state index contributed by atoms with van der Waals surface area (Å²) in [4.78, 5) is 0. The quantitative estimate of drug-likeness (QED) is 0.150. The Morgan fingerprint density at radius 3 is 1.52 bits per heavy atom. The molecule has 0 radical (unpaired) electrons. The fourth-order valence-electron chi connectivity index (χ4n) is 9.10. The standard InChI is InChI=1S/C35H37.C14H11Cl.C5H5.2ClH.Zr/c1-22-13-9-11-15-26(22)30-18-24-17-25-19-31(27-16-12-10-14-23(27)2)33(35(6,7)8)21-29(25)28(24)20-32(30)34(3,4)5;15-14-10-8-13(9-11-14)7-6-12-4-2-1-3-5-12;1-2-4-5-3-1;;;/h9-21H,1-8H3;1-5,8-11H,6H2;1-3H,4H2;2*1H;. The maximum atomic E-state index is 6.61. The third kappa shape index (κ3) is 8.54. The molecule has 0 saturated carbocycles. The maximum Gasteiger partial charge on any atom is -0.147 e. The molecular formula is C54H55Cl3Zr. The summed E-state index contributed by atoms with van der Waals surface area (Å²) in [5, 5.41) is 0.784.